The molecule has 0 fully saturated rings. The number of aliphatic hydroxyl groups excluding tert-OH is 1. The number of rotatable bonds is 3. The number of aromatic nitrogens is 1. The summed E-state index contributed by atoms with van der Waals surface area (Å²) in [4.78, 5) is 3.90. The standard InChI is InChI=1S/C10H16N2O2/c1-6(2)9(11)10(14)8-4-3-7(13)5-12-8/h3-6,9-10,13-14H,11H2,1-2H3/t9-,10-/m1/s1. The van der Waals surface area contributed by atoms with Crippen LogP contribution in [0.1, 0.15) is 25.6 Å². The van der Waals surface area contributed by atoms with E-state index < -0.39 is 6.10 Å². The second-order valence-electron chi connectivity index (χ2n) is 3.71. The fraction of sp³-hybridized carbons (Fsp3) is 0.500. The molecule has 4 nitrogen and oxygen atoms in total. The van der Waals surface area contributed by atoms with Crippen LogP contribution in [0, 0.1) is 5.92 Å². The summed E-state index contributed by atoms with van der Waals surface area (Å²) in [5.41, 5.74) is 6.27. The number of hydrogen-bond donors (Lipinski definition) is 3. The Morgan fingerprint density at radius 2 is 2.00 bits per heavy atom. The van der Waals surface area contributed by atoms with Crippen molar-refractivity contribution in [3.8, 4) is 5.75 Å². The first-order valence-electron chi connectivity index (χ1n) is 4.61. The van der Waals surface area contributed by atoms with Gasteiger partial charge < -0.3 is 15.9 Å². The van der Waals surface area contributed by atoms with Crippen LogP contribution in [0.5, 0.6) is 5.75 Å². The SMILES string of the molecule is CC(C)[C@@H](N)[C@H](O)c1ccc(O)cn1. The third-order valence-electron chi connectivity index (χ3n) is 2.21. The molecule has 14 heavy (non-hydrogen) atoms. The van der Waals surface area contributed by atoms with Gasteiger partial charge >= 0.3 is 0 Å². The second kappa shape index (κ2) is 4.39. The van der Waals surface area contributed by atoms with Crippen molar-refractivity contribution < 1.29 is 10.2 Å². The average molecular weight is 196 g/mol. The molecule has 78 valence electrons. The van der Waals surface area contributed by atoms with Gasteiger partial charge in [0, 0.05) is 6.04 Å². The molecule has 1 rings (SSSR count). The summed E-state index contributed by atoms with van der Waals surface area (Å²) in [6, 6.07) is 2.72. The lowest BCUT2D eigenvalue weighted by Crippen LogP contribution is -2.33. The summed E-state index contributed by atoms with van der Waals surface area (Å²) in [6.45, 7) is 3.88. The van der Waals surface area contributed by atoms with E-state index in [1.165, 1.54) is 12.3 Å². The first-order chi connectivity index (χ1) is 6.52. The van der Waals surface area contributed by atoms with Crippen LogP contribution in [0.2, 0.25) is 0 Å². The van der Waals surface area contributed by atoms with Gasteiger partial charge in [-0.25, -0.2) is 0 Å². The highest BCUT2D eigenvalue weighted by Crippen LogP contribution is 2.19. The predicted molar refractivity (Wildman–Crippen MR) is 53.7 cm³/mol. The van der Waals surface area contributed by atoms with Crippen LogP contribution < -0.4 is 5.73 Å². The van der Waals surface area contributed by atoms with Crippen molar-refractivity contribution in [1.29, 1.82) is 0 Å². The lowest BCUT2D eigenvalue weighted by Gasteiger charge is -2.21. The van der Waals surface area contributed by atoms with Crippen LogP contribution in [0.15, 0.2) is 18.3 Å². The average Bonchev–Trinajstić information content (AvgIpc) is 2.16. The van der Waals surface area contributed by atoms with Crippen molar-refractivity contribution in [3.63, 3.8) is 0 Å². The number of pyridine rings is 1. The summed E-state index contributed by atoms with van der Waals surface area (Å²) < 4.78 is 0. The monoisotopic (exact) mass is 196 g/mol. The second-order valence-corrected chi connectivity index (χ2v) is 3.71. The molecule has 0 amide bonds. The van der Waals surface area contributed by atoms with Crippen LogP contribution in [0.3, 0.4) is 0 Å². The van der Waals surface area contributed by atoms with Crippen molar-refractivity contribution in [1.82, 2.24) is 4.98 Å². The van der Waals surface area contributed by atoms with Crippen molar-refractivity contribution in [2.45, 2.75) is 26.0 Å². The molecule has 1 aromatic heterocycles. The molecule has 4 heteroatoms. The lowest BCUT2D eigenvalue weighted by atomic mass is 9.97. The first kappa shape index (κ1) is 10.9. The van der Waals surface area contributed by atoms with Crippen molar-refractivity contribution in [2.75, 3.05) is 0 Å². The van der Waals surface area contributed by atoms with Gasteiger partial charge in [-0.1, -0.05) is 13.8 Å². The molecule has 0 aliphatic rings. The highest BCUT2D eigenvalue weighted by atomic mass is 16.3. The number of aliphatic hydroxyl groups is 1. The summed E-state index contributed by atoms with van der Waals surface area (Å²) >= 11 is 0. The number of nitrogens with two attached hydrogens (primary N) is 1. The minimum absolute atomic E-state index is 0.0825. The van der Waals surface area contributed by atoms with Gasteiger partial charge in [0.05, 0.1) is 11.9 Å². The fourth-order valence-corrected chi connectivity index (χ4v) is 1.13. The molecule has 0 aliphatic heterocycles. The Balaban J connectivity index is 2.78. The first-order valence-corrected chi connectivity index (χ1v) is 4.61. The molecule has 0 saturated heterocycles. The number of nitrogens with zero attached hydrogens (tertiary/aromatic N) is 1. The van der Waals surface area contributed by atoms with Crippen LogP contribution in [0.4, 0.5) is 0 Å². The maximum absolute atomic E-state index is 9.78. The van der Waals surface area contributed by atoms with E-state index in [2.05, 4.69) is 4.98 Å². The molecule has 0 aromatic carbocycles. The van der Waals surface area contributed by atoms with Gasteiger partial charge in [-0.2, -0.15) is 0 Å². The van der Waals surface area contributed by atoms with Crippen LogP contribution in [-0.2, 0) is 0 Å². The molecule has 1 aromatic rings. The maximum atomic E-state index is 9.78. The third-order valence-corrected chi connectivity index (χ3v) is 2.21. The van der Waals surface area contributed by atoms with E-state index in [-0.39, 0.29) is 17.7 Å². The summed E-state index contributed by atoms with van der Waals surface area (Å²) in [5.74, 6) is 0.264. The Labute approximate surface area is 83.4 Å². The van der Waals surface area contributed by atoms with E-state index in [9.17, 15) is 5.11 Å². The molecule has 2 atom stereocenters. The zero-order chi connectivity index (χ0) is 10.7. The van der Waals surface area contributed by atoms with Crippen LogP contribution in [-0.4, -0.2) is 21.2 Å². The van der Waals surface area contributed by atoms with Crippen molar-refractivity contribution in [2.24, 2.45) is 11.7 Å². The molecule has 0 bridgehead atoms. The Morgan fingerprint density at radius 3 is 2.43 bits per heavy atom. The molecular formula is C10H16N2O2. The molecule has 0 aliphatic carbocycles. The molecular weight excluding hydrogens is 180 g/mol. The van der Waals surface area contributed by atoms with Gasteiger partial charge in [0.25, 0.3) is 0 Å². The third kappa shape index (κ3) is 2.43. The Morgan fingerprint density at radius 1 is 1.36 bits per heavy atom. The van der Waals surface area contributed by atoms with E-state index in [0.29, 0.717) is 5.69 Å². The van der Waals surface area contributed by atoms with Crippen LogP contribution >= 0.6 is 0 Å². The van der Waals surface area contributed by atoms with E-state index >= 15 is 0 Å². The quantitative estimate of drug-likeness (QED) is 0.668. The van der Waals surface area contributed by atoms with E-state index in [1.807, 2.05) is 13.8 Å². The largest absolute Gasteiger partial charge is 0.506 e. The number of aromatic hydroxyl groups is 1. The Kier molecular flexibility index (Phi) is 3.43. The highest BCUT2D eigenvalue weighted by molar-refractivity contribution is 5.19. The number of hydrogen-bond acceptors (Lipinski definition) is 4. The Hall–Kier alpha value is -1.13. The topological polar surface area (TPSA) is 79.4 Å². The van der Waals surface area contributed by atoms with Crippen molar-refractivity contribution in [3.05, 3.63) is 24.0 Å². The molecule has 0 radical (unpaired) electrons. The molecule has 0 unspecified atom stereocenters. The zero-order valence-electron chi connectivity index (χ0n) is 8.38. The minimum atomic E-state index is -0.782. The maximum Gasteiger partial charge on any atom is 0.133 e. The molecule has 0 saturated carbocycles. The molecule has 0 spiro atoms. The van der Waals surface area contributed by atoms with Gasteiger partial charge in [-0.05, 0) is 18.1 Å². The summed E-state index contributed by atoms with van der Waals surface area (Å²) in [5, 5.41) is 18.8. The van der Waals surface area contributed by atoms with Gasteiger partial charge in [-0.15, -0.1) is 0 Å². The van der Waals surface area contributed by atoms with E-state index in [4.69, 9.17) is 10.8 Å². The van der Waals surface area contributed by atoms with Gasteiger partial charge in [0.2, 0.25) is 0 Å². The van der Waals surface area contributed by atoms with Gasteiger partial charge in [-0.3, -0.25) is 4.98 Å². The van der Waals surface area contributed by atoms with Crippen molar-refractivity contribution >= 4 is 0 Å². The summed E-state index contributed by atoms with van der Waals surface area (Å²) in [6.07, 6.45) is 0.515. The van der Waals surface area contributed by atoms with Crippen LogP contribution in [0.25, 0.3) is 0 Å². The molecule has 1 heterocycles. The van der Waals surface area contributed by atoms with Gasteiger partial charge in [0.1, 0.15) is 11.9 Å². The van der Waals surface area contributed by atoms with Gasteiger partial charge in [0.15, 0.2) is 0 Å². The highest BCUT2D eigenvalue weighted by Gasteiger charge is 2.20. The predicted octanol–water partition coefficient (Wildman–Crippen LogP) is 0.804. The molecule has 4 N–H and O–H groups in total. The zero-order valence-corrected chi connectivity index (χ0v) is 8.38. The smallest absolute Gasteiger partial charge is 0.133 e. The lowest BCUT2D eigenvalue weighted by molar-refractivity contribution is 0.121. The normalized spacial score (nSPS) is 15.5. The minimum Gasteiger partial charge on any atom is -0.506 e. The fourth-order valence-electron chi connectivity index (χ4n) is 1.13. The van der Waals surface area contributed by atoms with E-state index in [0.717, 1.165) is 0 Å². The Bertz CT molecular complexity index is 285. The van der Waals surface area contributed by atoms with E-state index in [1.54, 1.807) is 6.07 Å². The summed E-state index contributed by atoms with van der Waals surface area (Å²) in [7, 11) is 0.